The van der Waals surface area contributed by atoms with Crippen molar-refractivity contribution in [3.05, 3.63) is 46.3 Å². The van der Waals surface area contributed by atoms with Crippen molar-refractivity contribution in [1.82, 2.24) is 0 Å². The van der Waals surface area contributed by atoms with Gasteiger partial charge in [-0.2, -0.15) is 0 Å². The maximum Gasteiger partial charge on any atom is 0.341 e. The van der Waals surface area contributed by atoms with E-state index in [1.165, 1.54) is 16.2 Å². The topological polar surface area (TPSA) is 67.4 Å². The molecule has 25 heavy (non-hydrogen) atoms. The zero-order valence-corrected chi connectivity index (χ0v) is 15.1. The fourth-order valence-corrected chi connectivity index (χ4v) is 4.28. The second kappa shape index (κ2) is 8.16. The third-order valence-electron chi connectivity index (χ3n) is 4.13. The van der Waals surface area contributed by atoms with Gasteiger partial charge in [0.05, 0.1) is 18.7 Å². The molecule has 6 heteroatoms. The third-order valence-corrected chi connectivity index (χ3v) is 5.34. The Labute approximate surface area is 151 Å². The van der Waals surface area contributed by atoms with E-state index in [2.05, 4.69) is 10.6 Å². The van der Waals surface area contributed by atoms with Gasteiger partial charge in [-0.15, -0.1) is 11.3 Å². The highest BCUT2D eigenvalue weighted by Crippen LogP contribution is 2.38. The lowest BCUT2D eigenvalue weighted by atomic mass is 9.95. The first-order chi connectivity index (χ1) is 12.2. The van der Waals surface area contributed by atoms with E-state index in [1.807, 2.05) is 30.3 Å². The van der Waals surface area contributed by atoms with Gasteiger partial charge in [-0.25, -0.2) is 4.79 Å². The Morgan fingerprint density at radius 1 is 1.16 bits per heavy atom. The summed E-state index contributed by atoms with van der Waals surface area (Å²) in [7, 11) is 0. The van der Waals surface area contributed by atoms with E-state index in [0.29, 0.717) is 17.2 Å². The summed E-state index contributed by atoms with van der Waals surface area (Å²) in [6.45, 7) is 2.26. The van der Waals surface area contributed by atoms with E-state index >= 15 is 0 Å². The number of hydrogen-bond acceptors (Lipinski definition) is 5. The number of thiophene rings is 1. The number of carbonyl (C=O) groups excluding carboxylic acids is 2. The number of hydrogen-bond donors (Lipinski definition) is 2. The van der Waals surface area contributed by atoms with E-state index in [1.54, 1.807) is 6.92 Å². The van der Waals surface area contributed by atoms with Crippen molar-refractivity contribution in [2.45, 2.75) is 32.6 Å². The standard InChI is InChI=1S/C19H22N2O3S/c1-2-24-19(23)17-14-10-6-7-11-15(14)25-18(17)21-16(22)12-20-13-8-4-3-5-9-13/h3-5,8-9,20H,2,6-7,10-12H2,1H3,(H,21,22). The molecule has 5 nitrogen and oxygen atoms in total. The van der Waals surface area contributed by atoms with Crippen LogP contribution in [0, 0.1) is 0 Å². The molecule has 1 aromatic carbocycles. The van der Waals surface area contributed by atoms with Gasteiger partial charge in [-0.3, -0.25) is 4.79 Å². The average molecular weight is 358 g/mol. The molecule has 1 aromatic heterocycles. The van der Waals surface area contributed by atoms with Gasteiger partial charge in [0.2, 0.25) is 5.91 Å². The molecule has 132 valence electrons. The number of carbonyl (C=O) groups is 2. The fourth-order valence-electron chi connectivity index (χ4n) is 2.98. The Kier molecular flexibility index (Phi) is 5.71. The maximum absolute atomic E-state index is 12.4. The molecule has 0 fully saturated rings. The van der Waals surface area contributed by atoms with Gasteiger partial charge in [-0.1, -0.05) is 18.2 Å². The molecule has 2 aromatic rings. The van der Waals surface area contributed by atoms with Gasteiger partial charge in [-0.05, 0) is 50.3 Å². The predicted molar refractivity (Wildman–Crippen MR) is 100 cm³/mol. The molecule has 3 rings (SSSR count). The third kappa shape index (κ3) is 4.20. The molecular formula is C19H22N2O3S. The van der Waals surface area contributed by atoms with Crippen molar-refractivity contribution in [2.75, 3.05) is 23.8 Å². The molecule has 0 aliphatic heterocycles. The Hall–Kier alpha value is -2.34. The second-order valence-corrected chi connectivity index (χ2v) is 7.01. The molecular weight excluding hydrogens is 336 g/mol. The highest BCUT2D eigenvalue weighted by atomic mass is 32.1. The van der Waals surface area contributed by atoms with E-state index < -0.39 is 0 Å². The number of nitrogens with one attached hydrogen (secondary N) is 2. The first-order valence-electron chi connectivity index (χ1n) is 8.59. The van der Waals surface area contributed by atoms with Gasteiger partial charge >= 0.3 is 5.97 Å². The van der Waals surface area contributed by atoms with E-state index in [0.717, 1.165) is 36.9 Å². The van der Waals surface area contributed by atoms with Gasteiger partial charge in [0.25, 0.3) is 0 Å². The van der Waals surface area contributed by atoms with Crippen LogP contribution in [0.1, 0.15) is 40.6 Å². The lowest BCUT2D eigenvalue weighted by Crippen LogP contribution is -2.22. The summed E-state index contributed by atoms with van der Waals surface area (Å²) in [4.78, 5) is 25.9. The van der Waals surface area contributed by atoms with Crippen molar-refractivity contribution in [3.63, 3.8) is 0 Å². The smallest absolute Gasteiger partial charge is 0.341 e. The summed E-state index contributed by atoms with van der Waals surface area (Å²) < 4.78 is 5.20. The van der Waals surface area contributed by atoms with Crippen LogP contribution in [0.2, 0.25) is 0 Å². The minimum Gasteiger partial charge on any atom is -0.462 e. The van der Waals surface area contributed by atoms with Crippen LogP contribution in [0.25, 0.3) is 0 Å². The van der Waals surface area contributed by atoms with Crippen LogP contribution in [-0.2, 0) is 22.4 Å². The van der Waals surface area contributed by atoms with Gasteiger partial charge in [0, 0.05) is 10.6 Å². The number of fused-ring (bicyclic) bond motifs is 1. The molecule has 0 saturated carbocycles. The van der Waals surface area contributed by atoms with Crippen molar-refractivity contribution in [1.29, 1.82) is 0 Å². The molecule has 2 N–H and O–H groups in total. The molecule has 0 spiro atoms. The Morgan fingerprint density at radius 3 is 2.68 bits per heavy atom. The normalized spacial score (nSPS) is 13.0. The van der Waals surface area contributed by atoms with Crippen LogP contribution in [0.15, 0.2) is 30.3 Å². The number of rotatable bonds is 6. The SMILES string of the molecule is CCOC(=O)c1c(NC(=O)CNc2ccccc2)sc2c1CCCC2. The minimum absolute atomic E-state index is 0.148. The van der Waals surface area contributed by atoms with Crippen molar-refractivity contribution >= 4 is 33.9 Å². The molecule has 1 aliphatic rings. The summed E-state index contributed by atoms with van der Waals surface area (Å²) in [5, 5.41) is 6.59. The maximum atomic E-state index is 12.4. The number of para-hydroxylation sites is 1. The zero-order valence-electron chi connectivity index (χ0n) is 14.3. The number of anilines is 2. The molecule has 1 amide bonds. The first kappa shape index (κ1) is 17.5. The van der Waals surface area contributed by atoms with Crippen LogP contribution < -0.4 is 10.6 Å². The summed E-state index contributed by atoms with van der Waals surface area (Å²) in [6.07, 6.45) is 4.03. The number of benzene rings is 1. The summed E-state index contributed by atoms with van der Waals surface area (Å²) in [5.41, 5.74) is 2.49. The van der Waals surface area contributed by atoms with Gasteiger partial charge in [0.15, 0.2) is 0 Å². The molecule has 0 saturated heterocycles. The molecule has 0 unspecified atom stereocenters. The number of esters is 1. The zero-order chi connectivity index (χ0) is 17.6. The van der Waals surface area contributed by atoms with Crippen LogP contribution in [0.3, 0.4) is 0 Å². The highest BCUT2D eigenvalue weighted by Gasteiger charge is 2.27. The number of ether oxygens (including phenoxy) is 1. The largest absolute Gasteiger partial charge is 0.462 e. The Morgan fingerprint density at radius 2 is 1.92 bits per heavy atom. The van der Waals surface area contributed by atoms with E-state index in [9.17, 15) is 9.59 Å². The Balaban J connectivity index is 1.73. The van der Waals surface area contributed by atoms with Crippen molar-refractivity contribution in [2.24, 2.45) is 0 Å². The fraction of sp³-hybridized carbons (Fsp3) is 0.368. The average Bonchev–Trinajstić information content (AvgIpc) is 2.99. The van der Waals surface area contributed by atoms with E-state index in [4.69, 9.17) is 4.74 Å². The lowest BCUT2D eigenvalue weighted by molar-refractivity contribution is -0.114. The number of aryl methyl sites for hydroxylation is 1. The Bertz CT molecular complexity index is 756. The highest BCUT2D eigenvalue weighted by molar-refractivity contribution is 7.17. The van der Waals surface area contributed by atoms with Crippen molar-refractivity contribution < 1.29 is 14.3 Å². The molecule has 1 aliphatic carbocycles. The molecule has 0 atom stereocenters. The minimum atomic E-state index is -0.340. The monoisotopic (exact) mass is 358 g/mol. The predicted octanol–water partition coefficient (Wildman–Crippen LogP) is 3.85. The van der Waals surface area contributed by atoms with Crippen LogP contribution in [-0.4, -0.2) is 25.0 Å². The molecule has 1 heterocycles. The quantitative estimate of drug-likeness (QED) is 0.770. The van der Waals surface area contributed by atoms with E-state index in [-0.39, 0.29) is 18.4 Å². The van der Waals surface area contributed by atoms with Gasteiger partial charge < -0.3 is 15.4 Å². The van der Waals surface area contributed by atoms with Crippen LogP contribution in [0.4, 0.5) is 10.7 Å². The first-order valence-corrected chi connectivity index (χ1v) is 9.41. The van der Waals surface area contributed by atoms with Crippen LogP contribution >= 0.6 is 11.3 Å². The summed E-state index contributed by atoms with van der Waals surface area (Å²) >= 11 is 1.51. The summed E-state index contributed by atoms with van der Waals surface area (Å²) in [5.74, 6) is -0.513. The number of amides is 1. The molecule has 0 radical (unpaired) electrons. The molecule has 0 bridgehead atoms. The summed E-state index contributed by atoms with van der Waals surface area (Å²) in [6, 6.07) is 9.55. The van der Waals surface area contributed by atoms with Gasteiger partial charge in [0.1, 0.15) is 5.00 Å². The lowest BCUT2D eigenvalue weighted by Gasteiger charge is -2.12. The van der Waals surface area contributed by atoms with Crippen LogP contribution in [0.5, 0.6) is 0 Å². The van der Waals surface area contributed by atoms with Crippen molar-refractivity contribution in [3.8, 4) is 0 Å². The second-order valence-electron chi connectivity index (χ2n) is 5.90.